The quantitative estimate of drug-likeness (QED) is 0.789. The maximum atomic E-state index is 12.0. The van der Waals surface area contributed by atoms with Crippen molar-refractivity contribution in [2.24, 2.45) is 0 Å². The van der Waals surface area contributed by atoms with Crippen LogP contribution in [0.25, 0.3) is 0 Å². The zero-order valence-electron chi connectivity index (χ0n) is 9.51. The molecule has 1 saturated carbocycles. The number of nitrogens with zero attached hydrogens (tertiary/aromatic N) is 1. The van der Waals surface area contributed by atoms with Crippen molar-refractivity contribution in [3.05, 3.63) is 0 Å². The van der Waals surface area contributed by atoms with E-state index in [4.69, 9.17) is 10.00 Å². The molecule has 2 unspecified atom stereocenters. The average molecular weight is 232 g/mol. The zero-order valence-corrected chi connectivity index (χ0v) is 9.51. The van der Waals surface area contributed by atoms with Crippen molar-refractivity contribution >= 4 is 0 Å². The molecule has 1 fully saturated rings. The fourth-order valence-electron chi connectivity index (χ4n) is 2.22. The van der Waals surface area contributed by atoms with Crippen LogP contribution in [0.2, 0.25) is 0 Å². The molecular formula is C11H18F2N2O. The molecule has 0 saturated heterocycles. The molecule has 1 aliphatic rings. The molecule has 92 valence electrons. The van der Waals surface area contributed by atoms with E-state index in [0.29, 0.717) is 13.0 Å². The lowest BCUT2D eigenvalue weighted by molar-refractivity contribution is -0.0462. The van der Waals surface area contributed by atoms with E-state index in [1.54, 1.807) is 0 Å². The van der Waals surface area contributed by atoms with E-state index in [2.05, 4.69) is 11.4 Å². The number of nitrogens with one attached hydrogen (secondary N) is 1. The maximum Gasteiger partial charge on any atom is 0.261 e. The summed E-state index contributed by atoms with van der Waals surface area (Å²) in [6, 6.07) is 2.26. The van der Waals surface area contributed by atoms with Crippen molar-refractivity contribution < 1.29 is 13.5 Å². The number of rotatable bonds is 5. The minimum absolute atomic E-state index is 0.221. The lowest BCUT2D eigenvalue weighted by Gasteiger charge is -2.36. The zero-order chi connectivity index (χ0) is 12.0. The van der Waals surface area contributed by atoms with Crippen molar-refractivity contribution in [3.63, 3.8) is 0 Å². The summed E-state index contributed by atoms with van der Waals surface area (Å²) in [5, 5.41) is 12.3. The topological polar surface area (TPSA) is 45.0 Å². The van der Waals surface area contributed by atoms with Gasteiger partial charge in [0.05, 0.1) is 12.2 Å². The van der Waals surface area contributed by atoms with E-state index in [9.17, 15) is 8.78 Å². The first-order chi connectivity index (χ1) is 7.62. The highest BCUT2D eigenvalue weighted by Crippen LogP contribution is 2.29. The Morgan fingerprint density at radius 3 is 2.94 bits per heavy atom. The molecule has 0 bridgehead atoms. The molecule has 0 aromatic carbocycles. The first-order valence-electron chi connectivity index (χ1n) is 5.68. The Morgan fingerprint density at radius 2 is 2.38 bits per heavy atom. The van der Waals surface area contributed by atoms with E-state index in [-0.39, 0.29) is 6.10 Å². The van der Waals surface area contributed by atoms with Crippen LogP contribution in [0.1, 0.15) is 32.6 Å². The number of halogens is 2. The van der Waals surface area contributed by atoms with Crippen LogP contribution in [0.5, 0.6) is 0 Å². The number of hydrogen-bond acceptors (Lipinski definition) is 3. The van der Waals surface area contributed by atoms with E-state index < -0.39 is 18.6 Å². The van der Waals surface area contributed by atoms with Gasteiger partial charge in [-0.05, 0) is 25.8 Å². The Hall–Kier alpha value is -0.730. The van der Waals surface area contributed by atoms with Gasteiger partial charge in [-0.25, -0.2) is 8.78 Å². The number of nitriles is 1. The SMILES string of the molecule is CCNC1(C#N)CCCC(OCC(F)F)C1. The van der Waals surface area contributed by atoms with Gasteiger partial charge in [0.25, 0.3) is 6.43 Å². The third-order valence-corrected chi connectivity index (χ3v) is 2.89. The van der Waals surface area contributed by atoms with Crippen LogP contribution in [0.15, 0.2) is 0 Å². The summed E-state index contributed by atoms with van der Waals surface area (Å²) in [6.45, 7) is 2.11. The minimum atomic E-state index is -2.43. The van der Waals surface area contributed by atoms with Gasteiger partial charge in [-0.15, -0.1) is 0 Å². The summed E-state index contributed by atoms with van der Waals surface area (Å²) < 4.78 is 29.1. The Balaban J connectivity index is 2.48. The van der Waals surface area contributed by atoms with Crippen LogP contribution in [0.4, 0.5) is 8.78 Å². The van der Waals surface area contributed by atoms with Crippen LogP contribution in [-0.4, -0.2) is 31.2 Å². The van der Waals surface area contributed by atoms with Gasteiger partial charge in [0.15, 0.2) is 0 Å². The Bertz CT molecular complexity index is 251. The standard InChI is InChI=1S/C11H18F2N2O/c1-2-15-11(8-14)5-3-4-9(6-11)16-7-10(12)13/h9-10,15H,2-7H2,1H3. The molecule has 0 spiro atoms. The Morgan fingerprint density at radius 1 is 1.62 bits per heavy atom. The lowest BCUT2D eigenvalue weighted by atomic mass is 9.81. The third-order valence-electron chi connectivity index (χ3n) is 2.89. The van der Waals surface area contributed by atoms with Crippen LogP contribution in [0, 0.1) is 11.3 Å². The molecule has 1 rings (SSSR count). The second-order valence-corrected chi connectivity index (χ2v) is 4.17. The molecule has 2 atom stereocenters. The van der Waals surface area contributed by atoms with Crippen LogP contribution < -0.4 is 5.32 Å². The van der Waals surface area contributed by atoms with Crippen molar-refractivity contribution in [2.45, 2.75) is 50.7 Å². The van der Waals surface area contributed by atoms with Crippen LogP contribution >= 0.6 is 0 Å². The molecule has 0 amide bonds. The van der Waals surface area contributed by atoms with Crippen LogP contribution in [0.3, 0.4) is 0 Å². The molecule has 16 heavy (non-hydrogen) atoms. The molecule has 0 aliphatic heterocycles. The predicted octanol–water partition coefficient (Wildman–Crippen LogP) is 2.08. The first-order valence-corrected chi connectivity index (χ1v) is 5.68. The Kier molecular flexibility index (Phi) is 5.10. The Labute approximate surface area is 94.8 Å². The normalized spacial score (nSPS) is 30.3. The minimum Gasteiger partial charge on any atom is -0.372 e. The molecule has 3 nitrogen and oxygen atoms in total. The number of alkyl halides is 2. The van der Waals surface area contributed by atoms with Crippen LogP contribution in [-0.2, 0) is 4.74 Å². The summed E-state index contributed by atoms with van der Waals surface area (Å²) in [5.74, 6) is 0. The fourth-order valence-corrected chi connectivity index (χ4v) is 2.22. The van der Waals surface area contributed by atoms with E-state index in [1.165, 1.54) is 0 Å². The molecule has 1 N–H and O–H groups in total. The summed E-state index contributed by atoms with van der Waals surface area (Å²) in [7, 11) is 0. The molecule has 0 heterocycles. The van der Waals surface area contributed by atoms with Gasteiger partial charge in [0, 0.05) is 6.42 Å². The van der Waals surface area contributed by atoms with Gasteiger partial charge in [-0.1, -0.05) is 6.92 Å². The summed E-state index contributed by atoms with van der Waals surface area (Å²) in [4.78, 5) is 0. The smallest absolute Gasteiger partial charge is 0.261 e. The number of hydrogen-bond donors (Lipinski definition) is 1. The van der Waals surface area contributed by atoms with Crippen molar-refractivity contribution in [3.8, 4) is 6.07 Å². The first kappa shape index (κ1) is 13.3. The maximum absolute atomic E-state index is 12.0. The van der Waals surface area contributed by atoms with E-state index >= 15 is 0 Å². The van der Waals surface area contributed by atoms with Crippen molar-refractivity contribution in [1.29, 1.82) is 5.26 Å². The highest BCUT2D eigenvalue weighted by atomic mass is 19.3. The average Bonchev–Trinajstić information content (AvgIpc) is 2.27. The predicted molar refractivity (Wildman–Crippen MR) is 56.2 cm³/mol. The van der Waals surface area contributed by atoms with Gasteiger partial charge in [0.2, 0.25) is 0 Å². The molecule has 0 aromatic heterocycles. The molecule has 0 aromatic rings. The third kappa shape index (κ3) is 3.69. The van der Waals surface area contributed by atoms with Gasteiger partial charge >= 0.3 is 0 Å². The second-order valence-electron chi connectivity index (χ2n) is 4.17. The lowest BCUT2D eigenvalue weighted by Crippen LogP contribution is -2.49. The summed E-state index contributed by atoms with van der Waals surface area (Å²) in [5.41, 5.74) is -0.584. The fraction of sp³-hybridized carbons (Fsp3) is 0.909. The molecule has 0 radical (unpaired) electrons. The summed E-state index contributed by atoms with van der Waals surface area (Å²) in [6.07, 6.45) is 0.227. The van der Waals surface area contributed by atoms with Gasteiger partial charge in [-0.2, -0.15) is 5.26 Å². The van der Waals surface area contributed by atoms with Gasteiger partial charge in [-0.3, -0.25) is 5.32 Å². The van der Waals surface area contributed by atoms with E-state index in [1.807, 2.05) is 6.92 Å². The van der Waals surface area contributed by atoms with Gasteiger partial charge < -0.3 is 4.74 Å². The largest absolute Gasteiger partial charge is 0.372 e. The molecule has 5 heteroatoms. The van der Waals surface area contributed by atoms with Gasteiger partial charge in [0.1, 0.15) is 12.1 Å². The highest BCUT2D eigenvalue weighted by Gasteiger charge is 2.36. The van der Waals surface area contributed by atoms with E-state index in [0.717, 1.165) is 19.3 Å². The van der Waals surface area contributed by atoms with Crippen molar-refractivity contribution in [2.75, 3.05) is 13.2 Å². The molecule has 1 aliphatic carbocycles. The molecular weight excluding hydrogens is 214 g/mol. The van der Waals surface area contributed by atoms with Crippen molar-refractivity contribution in [1.82, 2.24) is 5.32 Å². The summed E-state index contributed by atoms with van der Waals surface area (Å²) >= 11 is 0. The monoisotopic (exact) mass is 232 g/mol. The second kappa shape index (κ2) is 6.12. The number of ether oxygens (including phenoxy) is 1. The highest BCUT2D eigenvalue weighted by molar-refractivity contribution is 5.10.